The van der Waals surface area contributed by atoms with Crippen LogP contribution >= 0.6 is 0 Å². The largest absolute Gasteiger partial charge is 0.467 e. The average Bonchev–Trinajstić information content (AvgIpc) is 2.81. The highest BCUT2D eigenvalue weighted by Gasteiger charge is 2.38. The molecule has 1 saturated heterocycles. The zero-order valence-electron chi connectivity index (χ0n) is 10.8. The number of hydrogen-bond donors (Lipinski definition) is 1. The lowest BCUT2D eigenvalue weighted by Gasteiger charge is -2.22. The lowest BCUT2D eigenvalue weighted by Crippen LogP contribution is -2.42. The molecule has 2 rings (SSSR count). The van der Waals surface area contributed by atoms with Crippen LogP contribution in [0.3, 0.4) is 0 Å². The van der Waals surface area contributed by atoms with Crippen molar-refractivity contribution in [3.05, 3.63) is 30.1 Å². The van der Waals surface area contributed by atoms with Gasteiger partial charge in [0.05, 0.1) is 13.5 Å². The van der Waals surface area contributed by atoms with Gasteiger partial charge in [-0.15, -0.1) is 0 Å². The number of ether oxygens (including phenoxy) is 1. The number of methoxy groups -OCH3 is 1. The van der Waals surface area contributed by atoms with Gasteiger partial charge in [0.1, 0.15) is 6.04 Å². The number of hydrogen-bond acceptors (Lipinski definition) is 5. The Morgan fingerprint density at radius 3 is 2.95 bits per heavy atom. The zero-order valence-corrected chi connectivity index (χ0v) is 10.8. The van der Waals surface area contributed by atoms with Gasteiger partial charge in [0.25, 0.3) is 0 Å². The fourth-order valence-electron chi connectivity index (χ4n) is 2.26. The molecule has 102 valence electrons. The molecule has 1 aliphatic rings. The van der Waals surface area contributed by atoms with Crippen molar-refractivity contribution in [2.24, 2.45) is 5.73 Å². The minimum Gasteiger partial charge on any atom is -0.467 e. The topological polar surface area (TPSA) is 85.5 Å². The molecule has 0 unspecified atom stereocenters. The Kier molecular flexibility index (Phi) is 4.11. The number of amides is 1. The van der Waals surface area contributed by atoms with Gasteiger partial charge < -0.3 is 15.4 Å². The second-order valence-corrected chi connectivity index (χ2v) is 4.58. The Morgan fingerprint density at radius 1 is 1.53 bits per heavy atom. The van der Waals surface area contributed by atoms with Crippen molar-refractivity contribution in [3.8, 4) is 0 Å². The number of aromatic nitrogens is 1. The van der Waals surface area contributed by atoms with Gasteiger partial charge in [-0.3, -0.25) is 9.78 Å². The fourth-order valence-corrected chi connectivity index (χ4v) is 2.26. The van der Waals surface area contributed by atoms with Gasteiger partial charge in [-0.1, -0.05) is 6.07 Å². The zero-order chi connectivity index (χ0) is 13.8. The number of nitrogens with zero attached hydrogens (tertiary/aromatic N) is 2. The predicted molar refractivity (Wildman–Crippen MR) is 68.1 cm³/mol. The standard InChI is InChI=1S/C13H17N3O3/c1-19-13(18)11-6-9(14)8-16(11)12(17)7-10-4-2-3-5-15-10/h2-5,9,11H,6-8,14H2,1H3/t9-,11-/m0/s1. The van der Waals surface area contributed by atoms with Crippen molar-refractivity contribution in [1.29, 1.82) is 0 Å². The summed E-state index contributed by atoms with van der Waals surface area (Å²) in [6.07, 6.45) is 2.25. The Labute approximate surface area is 111 Å². The number of pyridine rings is 1. The summed E-state index contributed by atoms with van der Waals surface area (Å²) in [7, 11) is 1.31. The van der Waals surface area contributed by atoms with Gasteiger partial charge in [0.15, 0.2) is 0 Å². The lowest BCUT2D eigenvalue weighted by molar-refractivity contribution is -0.150. The Hall–Kier alpha value is -1.95. The van der Waals surface area contributed by atoms with E-state index in [1.165, 1.54) is 12.0 Å². The first-order valence-electron chi connectivity index (χ1n) is 6.14. The normalized spacial score (nSPS) is 22.3. The summed E-state index contributed by atoms with van der Waals surface area (Å²) >= 11 is 0. The van der Waals surface area contributed by atoms with Crippen molar-refractivity contribution < 1.29 is 14.3 Å². The predicted octanol–water partition coefficient (Wildman–Crippen LogP) is -0.275. The van der Waals surface area contributed by atoms with Crippen LogP contribution in [0.25, 0.3) is 0 Å². The van der Waals surface area contributed by atoms with E-state index in [1.54, 1.807) is 18.3 Å². The maximum Gasteiger partial charge on any atom is 0.328 e. The second-order valence-electron chi connectivity index (χ2n) is 4.58. The highest BCUT2D eigenvalue weighted by Crippen LogP contribution is 2.19. The van der Waals surface area contributed by atoms with E-state index in [9.17, 15) is 9.59 Å². The first-order chi connectivity index (χ1) is 9.11. The highest BCUT2D eigenvalue weighted by molar-refractivity contribution is 5.86. The van der Waals surface area contributed by atoms with Crippen LogP contribution in [0.2, 0.25) is 0 Å². The van der Waals surface area contributed by atoms with Crippen molar-refractivity contribution in [2.45, 2.75) is 24.9 Å². The summed E-state index contributed by atoms with van der Waals surface area (Å²) in [6.45, 7) is 0.380. The molecule has 1 amide bonds. The molecule has 0 spiro atoms. The van der Waals surface area contributed by atoms with Gasteiger partial charge in [0.2, 0.25) is 5.91 Å². The number of rotatable bonds is 3. The van der Waals surface area contributed by atoms with Crippen LogP contribution < -0.4 is 5.73 Å². The Morgan fingerprint density at radius 2 is 2.32 bits per heavy atom. The molecule has 0 bridgehead atoms. The van der Waals surface area contributed by atoms with Gasteiger partial charge in [-0.2, -0.15) is 0 Å². The number of esters is 1. The third kappa shape index (κ3) is 3.08. The molecule has 19 heavy (non-hydrogen) atoms. The SMILES string of the molecule is COC(=O)[C@@H]1C[C@H](N)CN1C(=O)Cc1ccccn1. The van der Waals surface area contributed by atoms with Gasteiger partial charge in [-0.05, 0) is 18.6 Å². The third-order valence-electron chi connectivity index (χ3n) is 3.19. The molecule has 6 nitrogen and oxygen atoms in total. The van der Waals surface area contributed by atoms with Crippen LogP contribution in [-0.4, -0.2) is 47.5 Å². The molecule has 2 heterocycles. The third-order valence-corrected chi connectivity index (χ3v) is 3.19. The van der Waals surface area contributed by atoms with Crippen LogP contribution in [0, 0.1) is 0 Å². The van der Waals surface area contributed by atoms with Gasteiger partial charge in [0, 0.05) is 24.5 Å². The molecule has 6 heteroatoms. The summed E-state index contributed by atoms with van der Waals surface area (Å²) in [6, 6.07) is 4.63. The van der Waals surface area contributed by atoms with E-state index >= 15 is 0 Å². The number of likely N-dealkylation sites (tertiary alicyclic amines) is 1. The summed E-state index contributed by atoms with van der Waals surface area (Å²) in [5.74, 6) is -0.565. The Bertz CT molecular complexity index is 463. The minimum atomic E-state index is -0.573. The van der Waals surface area contributed by atoms with E-state index in [4.69, 9.17) is 10.5 Å². The smallest absolute Gasteiger partial charge is 0.328 e. The summed E-state index contributed by atoms with van der Waals surface area (Å²) in [5, 5.41) is 0. The molecule has 0 aliphatic carbocycles. The summed E-state index contributed by atoms with van der Waals surface area (Å²) in [5.41, 5.74) is 6.50. The first kappa shape index (κ1) is 13.5. The number of carbonyl (C=O) groups is 2. The molecular weight excluding hydrogens is 246 g/mol. The molecule has 0 aromatic carbocycles. The maximum absolute atomic E-state index is 12.2. The molecule has 1 aromatic rings. The summed E-state index contributed by atoms with van der Waals surface area (Å²) < 4.78 is 4.71. The van der Waals surface area contributed by atoms with E-state index in [-0.39, 0.29) is 18.4 Å². The monoisotopic (exact) mass is 263 g/mol. The molecular formula is C13H17N3O3. The molecule has 0 radical (unpaired) electrons. The van der Waals surface area contributed by atoms with Crippen molar-refractivity contribution in [1.82, 2.24) is 9.88 Å². The molecule has 1 fully saturated rings. The quantitative estimate of drug-likeness (QED) is 0.758. The Balaban J connectivity index is 2.07. The average molecular weight is 263 g/mol. The molecule has 2 N–H and O–H groups in total. The molecule has 1 aromatic heterocycles. The van der Waals surface area contributed by atoms with Crippen LogP contribution in [0.1, 0.15) is 12.1 Å². The van der Waals surface area contributed by atoms with Crippen LogP contribution in [-0.2, 0) is 20.7 Å². The van der Waals surface area contributed by atoms with Gasteiger partial charge in [-0.25, -0.2) is 4.79 Å². The highest BCUT2D eigenvalue weighted by atomic mass is 16.5. The molecule has 0 saturated carbocycles. The van der Waals surface area contributed by atoms with E-state index in [1.807, 2.05) is 6.07 Å². The van der Waals surface area contributed by atoms with E-state index in [0.717, 1.165) is 0 Å². The fraction of sp³-hybridized carbons (Fsp3) is 0.462. The van der Waals surface area contributed by atoms with Crippen LogP contribution in [0.5, 0.6) is 0 Å². The van der Waals surface area contributed by atoms with E-state index in [2.05, 4.69) is 4.98 Å². The number of carbonyl (C=O) groups excluding carboxylic acids is 2. The van der Waals surface area contributed by atoms with Crippen molar-refractivity contribution in [2.75, 3.05) is 13.7 Å². The number of nitrogens with two attached hydrogens (primary N) is 1. The second kappa shape index (κ2) is 5.79. The van der Waals surface area contributed by atoms with Crippen molar-refractivity contribution >= 4 is 11.9 Å². The molecule has 2 atom stereocenters. The van der Waals surface area contributed by atoms with Crippen LogP contribution in [0.15, 0.2) is 24.4 Å². The lowest BCUT2D eigenvalue weighted by atomic mass is 10.2. The van der Waals surface area contributed by atoms with Gasteiger partial charge >= 0.3 is 5.97 Å². The van der Waals surface area contributed by atoms with Crippen LogP contribution in [0.4, 0.5) is 0 Å². The van der Waals surface area contributed by atoms with E-state index < -0.39 is 12.0 Å². The molecule has 1 aliphatic heterocycles. The van der Waals surface area contributed by atoms with Crippen molar-refractivity contribution in [3.63, 3.8) is 0 Å². The summed E-state index contributed by atoms with van der Waals surface area (Å²) in [4.78, 5) is 29.4. The first-order valence-corrected chi connectivity index (χ1v) is 6.14. The maximum atomic E-state index is 12.2. The minimum absolute atomic E-state index is 0.151. The van der Waals surface area contributed by atoms with E-state index in [0.29, 0.717) is 18.7 Å².